The number of pyridine rings is 2. The van der Waals surface area contributed by atoms with Crippen LogP contribution in [-0.4, -0.2) is 45.3 Å². The summed E-state index contributed by atoms with van der Waals surface area (Å²) < 4.78 is 5.60. The molecule has 2 aromatic rings. The van der Waals surface area contributed by atoms with Gasteiger partial charge in [-0.05, 0) is 36.2 Å². The summed E-state index contributed by atoms with van der Waals surface area (Å²) in [5.41, 5.74) is 4.64. The Morgan fingerprint density at radius 3 is 2.96 bits per heavy atom. The molecule has 0 aliphatic carbocycles. The summed E-state index contributed by atoms with van der Waals surface area (Å²) in [7, 11) is 0. The molecule has 7 nitrogen and oxygen atoms in total. The molecule has 0 aromatic carbocycles. The first-order valence-corrected chi connectivity index (χ1v) is 8.33. The molecule has 25 heavy (non-hydrogen) atoms. The number of carbonyl (C=O) groups is 1. The highest BCUT2D eigenvalue weighted by molar-refractivity contribution is 5.69. The van der Waals surface area contributed by atoms with Gasteiger partial charge in [-0.3, -0.25) is 14.9 Å². The van der Waals surface area contributed by atoms with E-state index in [1.54, 1.807) is 11.1 Å². The second kappa shape index (κ2) is 6.33. The maximum atomic E-state index is 12.4. The zero-order valence-electron chi connectivity index (χ0n) is 14.1. The molecule has 0 bridgehead atoms. The SMILES string of the molecule is Cc1cc(CO)nc2c1CN(C(=O)OC1CN(c3cccnc3)C1)C2. The number of carbonyl (C=O) groups excluding carboxylic acids is 1. The number of amides is 1. The summed E-state index contributed by atoms with van der Waals surface area (Å²) in [4.78, 5) is 24.7. The largest absolute Gasteiger partial charge is 0.442 e. The van der Waals surface area contributed by atoms with Crippen molar-refractivity contribution in [2.75, 3.05) is 18.0 Å². The standard InChI is InChI=1S/C18H20N4O3/c1-12-5-13(11-23)20-17-10-22(9-16(12)17)18(24)25-15-7-21(8-15)14-3-2-4-19-6-14/h2-6,15,23H,7-11H2,1H3. The number of ether oxygens (including phenoxy) is 1. The van der Waals surface area contributed by atoms with Crippen LogP contribution >= 0.6 is 0 Å². The topological polar surface area (TPSA) is 78.8 Å². The molecule has 1 N–H and O–H groups in total. The van der Waals surface area contributed by atoms with Crippen molar-refractivity contribution in [2.45, 2.75) is 32.7 Å². The minimum atomic E-state index is -0.307. The van der Waals surface area contributed by atoms with Crippen molar-refractivity contribution in [1.82, 2.24) is 14.9 Å². The Morgan fingerprint density at radius 1 is 1.40 bits per heavy atom. The molecular weight excluding hydrogens is 320 g/mol. The van der Waals surface area contributed by atoms with Crippen molar-refractivity contribution >= 4 is 11.8 Å². The van der Waals surface area contributed by atoms with E-state index in [1.165, 1.54) is 0 Å². The quantitative estimate of drug-likeness (QED) is 0.915. The van der Waals surface area contributed by atoms with Crippen molar-refractivity contribution in [1.29, 1.82) is 0 Å². The van der Waals surface area contributed by atoms with Crippen molar-refractivity contribution in [2.24, 2.45) is 0 Å². The Balaban J connectivity index is 1.34. The van der Waals surface area contributed by atoms with Gasteiger partial charge in [0.25, 0.3) is 0 Å². The Labute approximate surface area is 145 Å². The van der Waals surface area contributed by atoms with Gasteiger partial charge in [-0.15, -0.1) is 0 Å². The van der Waals surface area contributed by atoms with E-state index in [9.17, 15) is 9.90 Å². The Morgan fingerprint density at radius 2 is 2.24 bits per heavy atom. The van der Waals surface area contributed by atoms with Gasteiger partial charge in [0.2, 0.25) is 0 Å². The van der Waals surface area contributed by atoms with Crippen LogP contribution in [0.4, 0.5) is 10.5 Å². The average molecular weight is 340 g/mol. The van der Waals surface area contributed by atoms with E-state index >= 15 is 0 Å². The predicted molar refractivity (Wildman–Crippen MR) is 90.9 cm³/mol. The van der Waals surface area contributed by atoms with E-state index in [-0.39, 0.29) is 18.8 Å². The lowest BCUT2D eigenvalue weighted by Crippen LogP contribution is -2.54. The summed E-state index contributed by atoms with van der Waals surface area (Å²) in [6, 6.07) is 5.76. The van der Waals surface area contributed by atoms with Crippen LogP contribution in [0.5, 0.6) is 0 Å². The summed E-state index contributed by atoms with van der Waals surface area (Å²) >= 11 is 0. The Kier molecular flexibility index (Phi) is 4.01. The highest BCUT2D eigenvalue weighted by Gasteiger charge is 2.34. The summed E-state index contributed by atoms with van der Waals surface area (Å²) in [6.45, 7) is 4.20. The lowest BCUT2D eigenvalue weighted by Gasteiger charge is -2.40. The van der Waals surface area contributed by atoms with Gasteiger partial charge in [0.1, 0.15) is 6.10 Å². The lowest BCUT2D eigenvalue weighted by atomic mass is 10.1. The maximum absolute atomic E-state index is 12.4. The first kappa shape index (κ1) is 15.8. The normalized spacial score (nSPS) is 16.6. The van der Waals surface area contributed by atoms with E-state index in [4.69, 9.17) is 4.74 Å². The van der Waals surface area contributed by atoms with Crippen LogP contribution in [0, 0.1) is 6.92 Å². The van der Waals surface area contributed by atoms with Crippen LogP contribution in [0.25, 0.3) is 0 Å². The monoisotopic (exact) mass is 340 g/mol. The number of anilines is 1. The zero-order valence-corrected chi connectivity index (χ0v) is 14.1. The van der Waals surface area contributed by atoms with E-state index in [1.807, 2.05) is 31.3 Å². The molecule has 0 unspecified atom stereocenters. The third-order valence-corrected chi connectivity index (χ3v) is 4.72. The number of aryl methyl sites for hydroxylation is 1. The molecule has 2 aromatic heterocycles. The molecule has 0 saturated carbocycles. The van der Waals surface area contributed by atoms with Crippen molar-refractivity contribution < 1.29 is 14.6 Å². The minimum absolute atomic E-state index is 0.0924. The molecule has 4 heterocycles. The fourth-order valence-corrected chi connectivity index (χ4v) is 3.30. The van der Waals surface area contributed by atoms with E-state index in [0.29, 0.717) is 31.9 Å². The first-order chi connectivity index (χ1) is 12.1. The van der Waals surface area contributed by atoms with Gasteiger partial charge in [-0.25, -0.2) is 4.79 Å². The predicted octanol–water partition coefficient (Wildman–Crippen LogP) is 1.62. The molecule has 2 aliphatic heterocycles. The number of nitrogens with zero attached hydrogens (tertiary/aromatic N) is 4. The number of rotatable bonds is 3. The van der Waals surface area contributed by atoms with Crippen LogP contribution in [0.15, 0.2) is 30.6 Å². The fourth-order valence-electron chi connectivity index (χ4n) is 3.30. The molecule has 0 spiro atoms. The minimum Gasteiger partial charge on any atom is -0.442 e. The van der Waals surface area contributed by atoms with Crippen LogP contribution in [0.3, 0.4) is 0 Å². The smallest absolute Gasteiger partial charge is 0.410 e. The first-order valence-electron chi connectivity index (χ1n) is 8.33. The van der Waals surface area contributed by atoms with E-state index < -0.39 is 0 Å². The lowest BCUT2D eigenvalue weighted by molar-refractivity contribution is 0.0490. The van der Waals surface area contributed by atoms with Crippen LogP contribution in [-0.2, 0) is 24.4 Å². The van der Waals surface area contributed by atoms with Crippen LogP contribution < -0.4 is 4.90 Å². The zero-order chi connectivity index (χ0) is 17.4. The van der Waals surface area contributed by atoms with Gasteiger partial charge in [-0.1, -0.05) is 0 Å². The fraction of sp³-hybridized carbons (Fsp3) is 0.389. The van der Waals surface area contributed by atoms with Crippen LogP contribution in [0.2, 0.25) is 0 Å². The summed E-state index contributed by atoms with van der Waals surface area (Å²) in [6.07, 6.45) is 3.14. The van der Waals surface area contributed by atoms with Crippen molar-refractivity contribution in [3.63, 3.8) is 0 Å². The number of aliphatic hydroxyl groups excluding tert-OH is 1. The van der Waals surface area contributed by atoms with Gasteiger partial charge in [-0.2, -0.15) is 0 Å². The third kappa shape index (κ3) is 3.02. The van der Waals surface area contributed by atoms with Crippen molar-refractivity contribution in [3.05, 3.63) is 53.1 Å². The molecule has 2 aliphatic rings. The van der Waals surface area contributed by atoms with Gasteiger partial charge < -0.3 is 14.7 Å². The second-order valence-electron chi connectivity index (χ2n) is 6.49. The second-order valence-corrected chi connectivity index (χ2v) is 6.49. The summed E-state index contributed by atoms with van der Waals surface area (Å²) in [5.74, 6) is 0. The third-order valence-electron chi connectivity index (χ3n) is 4.72. The van der Waals surface area contributed by atoms with Gasteiger partial charge in [0.15, 0.2) is 0 Å². The number of aliphatic hydroxyl groups is 1. The Bertz CT molecular complexity index is 790. The molecule has 130 valence electrons. The molecule has 0 radical (unpaired) electrons. The highest BCUT2D eigenvalue weighted by atomic mass is 16.6. The molecule has 4 rings (SSSR count). The summed E-state index contributed by atoms with van der Waals surface area (Å²) in [5, 5.41) is 9.27. The highest BCUT2D eigenvalue weighted by Crippen LogP contribution is 2.27. The molecular formula is C18H20N4O3. The average Bonchev–Trinajstić information content (AvgIpc) is 3.03. The van der Waals surface area contributed by atoms with E-state index in [0.717, 1.165) is 22.5 Å². The molecule has 7 heteroatoms. The van der Waals surface area contributed by atoms with Gasteiger partial charge in [0.05, 0.1) is 56.1 Å². The van der Waals surface area contributed by atoms with Crippen LogP contribution in [0.1, 0.15) is 22.5 Å². The molecule has 1 amide bonds. The maximum Gasteiger partial charge on any atom is 0.410 e. The number of aromatic nitrogens is 2. The van der Waals surface area contributed by atoms with E-state index in [2.05, 4.69) is 14.9 Å². The number of hydrogen-bond donors (Lipinski definition) is 1. The Hall–Kier alpha value is -2.67. The molecule has 1 saturated heterocycles. The number of fused-ring (bicyclic) bond motifs is 1. The number of hydrogen-bond acceptors (Lipinski definition) is 6. The van der Waals surface area contributed by atoms with Gasteiger partial charge in [0, 0.05) is 6.20 Å². The van der Waals surface area contributed by atoms with Gasteiger partial charge >= 0.3 is 6.09 Å². The van der Waals surface area contributed by atoms with Crippen molar-refractivity contribution in [3.8, 4) is 0 Å². The molecule has 0 atom stereocenters. The molecule has 1 fully saturated rings.